The van der Waals surface area contributed by atoms with E-state index in [4.69, 9.17) is 4.98 Å². The fourth-order valence-electron chi connectivity index (χ4n) is 8.94. The molecule has 292 valence electrons. The second-order valence-electron chi connectivity index (χ2n) is 17.0. The van der Waals surface area contributed by atoms with Crippen LogP contribution in [-0.4, -0.2) is 73.9 Å². The van der Waals surface area contributed by atoms with Crippen LogP contribution < -0.4 is 15.5 Å². The smallest absolute Gasteiger partial charge is 0.255 e. The molecule has 0 atom stereocenters. The number of nitrogens with zero attached hydrogens (tertiary/aromatic N) is 6. The Kier molecular flexibility index (Phi) is 8.78. The van der Waals surface area contributed by atoms with Crippen molar-refractivity contribution in [2.75, 3.05) is 29.9 Å². The predicted octanol–water partition coefficient (Wildman–Crippen LogP) is 7.96. The first-order valence-corrected chi connectivity index (χ1v) is 18.9. The summed E-state index contributed by atoms with van der Waals surface area (Å²) in [5.41, 5.74) is -0.244. The first kappa shape index (κ1) is 37.3. The van der Waals surface area contributed by atoms with Gasteiger partial charge in [-0.2, -0.15) is 4.39 Å². The van der Waals surface area contributed by atoms with Crippen molar-refractivity contribution in [1.82, 2.24) is 29.7 Å². The number of hydrogen-bond donors (Lipinski definition) is 2. The second kappa shape index (κ2) is 13.0. The van der Waals surface area contributed by atoms with Gasteiger partial charge in [-0.1, -0.05) is 0 Å². The van der Waals surface area contributed by atoms with Crippen LogP contribution >= 0.6 is 0 Å². The van der Waals surface area contributed by atoms with Gasteiger partial charge in [0.2, 0.25) is 11.9 Å². The highest BCUT2D eigenvalue weighted by Gasteiger charge is 2.57. The second-order valence-corrected chi connectivity index (χ2v) is 17.0. The number of carbonyl (C=O) groups is 2. The molecule has 0 bridgehead atoms. The van der Waals surface area contributed by atoms with Gasteiger partial charge in [0.1, 0.15) is 5.52 Å². The molecule has 3 aromatic heterocycles. The summed E-state index contributed by atoms with van der Waals surface area (Å²) < 4.78 is 74.5. The molecule has 1 spiro atoms. The topological polar surface area (TPSA) is 108 Å². The number of halogens is 5. The maximum absolute atomic E-state index is 16.3. The molecule has 2 amide bonds. The van der Waals surface area contributed by atoms with Crippen LogP contribution in [0.2, 0.25) is 0 Å². The van der Waals surface area contributed by atoms with Crippen molar-refractivity contribution in [3.63, 3.8) is 0 Å². The van der Waals surface area contributed by atoms with Crippen LogP contribution in [0.3, 0.4) is 0 Å². The van der Waals surface area contributed by atoms with Crippen LogP contribution in [0.4, 0.5) is 39.1 Å². The Bertz CT molecular complexity index is 2240. The summed E-state index contributed by atoms with van der Waals surface area (Å²) >= 11 is 0. The van der Waals surface area contributed by atoms with Gasteiger partial charge in [-0.05, 0) is 110 Å². The van der Waals surface area contributed by atoms with Crippen molar-refractivity contribution in [1.29, 1.82) is 0 Å². The maximum atomic E-state index is 16.3. The van der Waals surface area contributed by atoms with Gasteiger partial charge in [0.15, 0.2) is 17.5 Å². The SMILES string of the molecule is Cc1c(C(=O)NCC(F)F)cc(Nc2nc(-c3cc4c(nc3F)C(C)(C)C(=O)N4C3CC(C)(N4CCCC5(CC5)C4)C3)cc3ncn(C(C)C)c23)c(F)c1F. The fourth-order valence-corrected chi connectivity index (χ4v) is 8.94. The molecule has 1 aromatic carbocycles. The molecule has 4 aromatic rings. The van der Waals surface area contributed by atoms with E-state index in [1.807, 2.05) is 19.2 Å². The average Bonchev–Trinajstić information content (AvgIpc) is 3.65. The van der Waals surface area contributed by atoms with Crippen molar-refractivity contribution < 1.29 is 31.5 Å². The molecule has 3 fully saturated rings. The highest BCUT2D eigenvalue weighted by Crippen LogP contribution is 2.56. The zero-order chi connectivity index (χ0) is 39.4. The van der Waals surface area contributed by atoms with Gasteiger partial charge >= 0.3 is 0 Å². The monoisotopic (exact) mass is 764 g/mol. The molecular formula is C40H45F5N8O2. The Morgan fingerprint density at radius 3 is 2.42 bits per heavy atom. The number of benzene rings is 1. The number of likely N-dealkylation sites (tertiary alicyclic amines) is 1. The van der Waals surface area contributed by atoms with Crippen molar-refractivity contribution in [2.24, 2.45) is 5.41 Å². The summed E-state index contributed by atoms with van der Waals surface area (Å²) in [6, 6.07) is 3.92. The summed E-state index contributed by atoms with van der Waals surface area (Å²) in [5, 5.41) is 4.82. The van der Waals surface area contributed by atoms with Crippen LogP contribution in [0.1, 0.15) is 101 Å². The molecule has 0 unspecified atom stereocenters. The quantitative estimate of drug-likeness (QED) is 0.132. The van der Waals surface area contributed by atoms with E-state index in [1.54, 1.807) is 41.8 Å². The van der Waals surface area contributed by atoms with E-state index >= 15 is 13.2 Å². The lowest BCUT2D eigenvalue weighted by Gasteiger charge is -2.56. The van der Waals surface area contributed by atoms with Crippen LogP contribution in [-0.2, 0) is 10.2 Å². The lowest BCUT2D eigenvalue weighted by molar-refractivity contribution is -0.124. The minimum atomic E-state index is -2.85. The summed E-state index contributed by atoms with van der Waals surface area (Å²) in [6.07, 6.45) is 5.28. The van der Waals surface area contributed by atoms with Gasteiger partial charge in [-0.15, -0.1) is 0 Å². The number of amides is 2. The molecule has 8 rings (SSSR count). The molecule has 2 saturated carbocycles. The van der Waals surface area contributed by atoms with E-state index in [2.05, 4.69) is 27.1 Å². The largest absolute Gasteiger partial charge is 0.346 e. The van der Waals surface area contributed by atoms with Crippen molar-refractivity contribution in [3.8, 4) is 11.3 Å². The fraction of sp³-hybridized carbons (Fsp3) is 0.525. The average molecular weight is 765 g/mol. The van der Waals surface area contributed by atoms with Gasteiger partial charge < -0.3 is 20.1 Å². The van der Waals surface area contributed by atoms with Crippen LogP contribution in [0.15, 0.2) is 24.5 Å². The summed E-state index contributed by atoms with van der Waals surface area (Å²) in [5.74, 6) is -4.74. The number of alkyl halides is 2. The molecule has 2 aliphatic carbocycles. The molecule has 10 nitrogen and oxygen atoms in total. The molecule has 5 heterocycles. The lowest BCUT2D eigenvalue weighted by atomic mass is 9.70. The minimum Gasteiger partial charge on any atom is -0.346 e. The molecule has 1 saturated heterocycles. The third kappa shape index (κ3) is 6.13. The number of nitrogens with one attached hydrogen (secondary N) is 2. The van der Waals surface area contributed by atoms with Gasteiger partial charge in [-0.3, -0.25) is 14.5 Å². The molecule has 2 N–H and O–H groups in total. The molecule has 55 heavy (non-hydrogen) atoms. The lowest BCUT2D eigenvalue weighted by Crippen LogP contribution is -2.64. The van der Waals surface area contributed by atoms with Crippen LogP contribution in [0, 0.1) is 29.9 Å². The number of piperidine rings is 1. The number of pyridine rings is 2. The van der Waals surface area contributed by atoms with E-state index in [9.17, 15) is 18.4 Å². The highest BCUT2D eigenvalue weighted by molar-refractivity contribution is 6.08. The Morgan fingerprint density at radius 2 is 1.75 bits per heavy atom. The zero-order valence-electron chi connectivity index (χ0n) is 31.8. The Balaban J connectivity index is 1.18. The van der Waals surface area contributed by atoms with E-state index < -0.39 is 47.6 Å². The van der Waals surface area contributed by atoms with Crippen LogP contribution in [0.25, 0.3) is 22.3 Å². The Labute approximate surface area is 315 Å². The first-order valence-electron chi connectivity index (χ1n) is 18.9. The number of hydrogen-bond acceptors (Lipinski definition) is 7. The third-order valence-corrected chi connectivity index (χ3v) is 12.4. The number of rotatable bonds is 9. The van der Waals surface area contributed by atoms with E-state index in [0.29, 0.717) is 27.8 Å². The highest BCUT2D eigenvalue weighted by atomic mass is 19.3. The standard InChI is InChI=1S/C40H45F5N8O2/c1-20(2)52-19-47-27-14-25(48-35(32(27)52)49-26-12-23(21(3)30(43)31(26)44)36(54)46-17-29(41)42)24-13-28-33(50-34(24)45)38(4,5)37(55)53(28)22-15-39(6,16-22)51-11-7-8-40(18-51)9-10-40/h12-14,19-20,22,29H,7-11,15-18H2,1-6H3,(H,46,54)(H,48,49). The Hall–Kier alpha value is -4.66. The van der Waals surface area contributed by atoms with Crippen LogP contribution in [0.5, 0.6) is 0 Å². The van der Waals surface area contributed by atoms with Crippen molar-refractivity contribution >= 4 is 40.0 Å². The van der Waals surface area contributed by atoms with Crippen molar-refractivity contribution in [3.05, 3.63) is 58.9 Å². The Morgan fingerprint density at radius 1 is 1.02 bits per heavy atom. The summed E-state index contributed by atoms with van der Waals surface area (Å²) in [4.78, 5) is 44.8. The molecule has 4 aliphatic rings. The van der Waals surface area contributed by atoms with E-state index in [-0.39, 0.29) is 51.7 Å². The number of imidazole rings is 1. The van der Waals surface area contributed by atoms with Crippen molar-refractivity contribution in [2.45, 2.75) is 110 Å². The number of fused-ring (bicyclic) bond motifs is 2. The normalized spacial score (nSPS) is 22.8. The molecule has 2 aliphatic heterocycles. The minimum absolute atomic E-state index is 0.0188. The maximum Gasteiger partial charge on any atom is 0.255 e. The molecule has 15 heteroatoms. The van der Waals surface area contributed by atoms with Gasteiger partial charge in [0, 0.05) is 35.3 Å². The summed E-state index contributed by atoms with van der Waals surface area (Å²) in [7, 11) is 0. The number of anilines is 3. The van der Waals surface area contributed by atoms with E-state index in [1.165, 1.54) is 32.6 Å². The predicted molar refractivity (Wildman–Crippen MR) is 198 cm³/mol. The van der Waals surface area contributed by atoms with Gasteiger partial charge in [-0.25, -0.2) is 32.5 Å². The third-order valence-electron chi connectivity index (χ3n) is 12.4. The van der Waals surface area contributed by atoms with E-state index in [0.717, 1.165) is 32.0 Å². The number of aromatic nitrogens is 4. The van der Waals surface area contributed by atoms with Gasteiger partial charge in [0.25, 0.3) is 12.3 Å². The van der Waals surface area contributed by atoms with Gasteiger partial charge in [0.05, 0.1) is 52.1 Å². The molecular weight excluding hydrogens is 719 g/mol. The number of carbonyl (C=O) groups excluding carboxylic acids is 2. The first-order chi connectivity index (χ1) is 25.9. The zero-order valence-corrected chi connectivity index (χ0v) is 31.8. The summed E-state index contributed by atoms with van der Waals surface area (Å²) in [6.45, 7) is 11.9. The molecule has 0 radical (unpaired) electrons.